The zero-order valence-electron chi connectivity index (χ0n) is 16.6. The van der Waals surface area contributed by atoms with Gasteiger partial charge < -0.3 is 9.88 Å². The van der Waals surface area contributed by atoms with Crippen molar-refractivity contribution in [2.24, 2.45) is 5.92 Å². The molecule has 0 radical (unpaired) electrons. The van der Waals surface area contributed by atoms with Crippen molar-refractivity contribution in [1.29, 1.82) is 0 Å². The molecule has 1 N–H and O–H groups in total. The molecule has 3 aliphatic rings. The number of nitrogens with zero attached hydrogens (tertiary/aromatic N) is 5. The average Bonchev–Trinajstić information content (AvgIpc) is 3.71. The molecule has 0 bridgehead atoms. The maximum absolute atomic E-state index is 14.5. The van der Waals surface area contributed by atoms with E-state index in [9.17, 15) is 14.0 Å². The van der Waals surface area contributed by atoms with Crippen LogP contribution in [0.5, 0.6) is 0 Å². The highest BCUT2D eigenvalue weighted by atomic mass is 19.1. The Hall–Kier alpha value is -3.62. The second kappa shape index (κ2) is 6.69. The number of hydrogen-bond donors (Lipinski definition) is 1. The van der Waals surface area contributed by atoms with E-state index in [0.717, 1.165) is 25.7 Å². The number of anilines is 2. The summed E-state index contributed by atoms with van der Waals surface area (Å²) in [4.78, 5) is 31.3. The van der Waals surface area contributed by atoms with Crippen LogP contribution in [0.15, 0.2) is 36.7 Å². The van der Waals surface area contributed by atoms with Gasteiger partial charge in [-0.25, -0.2) is 9.37 Å². The molecule has 2 fully saturated rings. The number of carbonyl (C=O) groups excluding carboxylic acids is 2. The van der Waals surface area contributed by atoms with E-state index < -0.39 is 5.82 Å². The van der Waals surface area contributed by atoms with Gasteiger partial charge in [-0.15, -0.1) is 10.2 Å². The fourth-order valence-electron chi connectivity index (χ4n) is 3.94. The molecule has 2 saturated carbocycles. The van der Waals surface area contributed by atoms with E-state index in [1.54, 1.807) is 12.4 Å². The van der Waals surface area contributed by atoms with E-state index in [4.69, 9.17) is 0 Å². The Morgan fingerprint density at radius 1 is 1.16 bits per heavy atom. The lowest BCUT2D eigenvalue weighted by Crippen LogP contribution is -2.24. The number of rotatable bonds is 5. The maximum atomic E-state index is 14.5. The summed E-state index contributed by atoms with van der Waals surface area (Å²) in [7, 11) is 0. The first kappa shape index (κ1) is 18.2. The predicted molar refractivity (Wildman–Crippen MR) is 110 cm³/mol. The van der Waals surface area contributed by atoms with Crippen molar-refractivity contribution in [3.05, 3.63) is 53.6 Å². The Morgan fingerprint density at radius 3 is 2.77 bits per heavy atom. The number of pyridine rings is 1. The van der Waals surface area contributed by atoms with Gasteiger partial charge in [-0.1, -0.05) is 6.07 Å². The van der Waals surface area contributed by atoms with Crippen LogP contribution in [0.1, 0.15) is 47.6 Å². The van der Waals surface area contributed by atoms with Gasteiger partial charge in [-0.05, 0) is 55.5 Å². The summed E-state index contributed by atoms with van der Waals surface area (Å²) in [6.07, 6.45) is 5.54. The normalized spacial score (nSPS) is 17.7. The summed E-state index contributed by atoms with van der Waals surface area (Å²) < 4.78 is 16.6. The number of fused-ring (bicyclic) bond motifs is 1. The molecule has 8 nitrogen and oxygen atoms in total. The van der Waals surface area contributed by atoms with Gasteiger partial charge >= 0.3 is 0 Å². The summed E-state index contributed by atoms with van der Waals surface area (Å²) in [6.45, 7) is 0.216. The zero-order chi connectivity index (χ0) is 21.1. The Labute approximate surface area is 177 Å². The number of hydrogen-bond acceptors (Lipinski definition) is 5. The Kier molecular flexibility index (Phi) is 3.92. The van der Waals surface area contributed by atoms with Crippen molar-refractivity contribution in [2.45, 2.75) is 38.3 Å². The van der Waals surface area contributed by atoms with Crippen LogP contribution in [0.3, 0.4) is 0 Å². The van der Waals surface area contributed by atoms with E-state index in [1.165, 1.54) is 17.0 Å². The van der Waals surface area contributed by atoms with E-state index >= 15 is 0 Å². The molecule has 3 heterocycles. The minimum Gasteiger partial charge on any atom is -0.323 e. The highest BCUT2D eigenvalue weighted by molar-refractivity contribution is 6.10. The number of nitrogens with one attached hydrogen (secondary N) is 1. The zero-order valence-corrected chi connectivity index (χ0v) is 16.6. The van der Waals surface area contributed by atoms with Crippen LogP contribution in [-0.4, -0.2) is 31.6 Å². The highest BCUT2D eigenvalue weighted by Crippen LogP contribution is 2.38. The predicted octanol–water partition coefficient (Wildman–Crippen LogP) is 3.32. The molecule has 2 aliphatic carbocycles. The van der Waals surface area contributed by atoms with Gasteiger partial charge in [0.2, 0.25) is 5.91 Å². The summed E-state index contributed by atoms with van der Waals surface area (Å²) in [6, 6.07) is 8.56. The molecule has 0 atom stereocenters. The number of halogens is 1. The van der Waals surface area contributed by atoms with Crippen LogP contribution >= 0.6 is 0 Å². The number of aromatic nitrogens is 4. The number of amides is 2. The van der Waals surface area contributed by atoms with Crippen molar-refractivity contribution in [3.63, 3.8) is 0 Å². The van der Waals surface area contributed by atoms with Crippen LogP contribution in [0.4, 0.5) is 15.9 Å². The average molecular weight is 418 g/mol. The van der Waals surface area contributed by atoms with Crippen LogP contribution in [-0.2, 0) is 11.3 Å². The Balaban J connectivity index is 1.30. The molecule has 0 saturated heterocycles. The molecule has 156 valence electrons. The lowest BCUT2D eigenvalue weighted by molar-refractivity contribution is -0.117. The second-order valence-corrected chi connectivity index (χ2v) is 8.32. The monoisotopic (exact) mass is 418 g/mol. The third-order valence-electron chi connectivity index (χ3n) is 5.96. The molecule has 2 aromatic heterocycles. The van der Waals surface area contributed by atoms with Gasteiger partial charge in [0.05, 0.1) is 12.2 Å². The molecular weight excluding hydrogens is 399 g/mol. The quantitative estimate of drug-likeness (QED) is 0.686. The third-order valence-corrected chi connectivity index (χ3v) is 5.96. The molecule has 0 spiro atoms. The van der Waals surface area contributed by atoms with Crippen molar-refractivity contribution in [1.82, 2.24) is 19.7 Å². The number of carbonyl (C=O) groups is 2. The fraction of sp³-hybridized carbons (Fsp3) is 0.318. The first-order valence-corrected chi connectivity index (χ1v) is 10.4. The molecule has 9 heteroatoms. The van der Waals surface area contributed by atoms with Crippen molar-refractivity contribution >= 4 is 23.3 Å². The molecular formula is C22H19FN6O2. The number of benzene rings is 1. The first-order chi connectivity index (χ1) is 15.1. The topological polar surface area (TPSA) is 93.0 Å². The second-order valence-electron chi connectivity index (χ2n) is 8.32. The standard InChI is InChI=1S/C22H19FN6O2/c23-16-8-13-10-28(22(31)15(13)9-18(16)26-21(30)12-4-5-12)19-3-1-2-17(25-19)20-27-24-11-29(20)14-6-7-14/h1-3,8-9,11-12,14H,4-7,10H2,(H,26,30). The van der Waals surface area contributed by atoms with Crippen molar-refractivity contribution < 1.29 is 14.0 Å². The molecule has 1 aliphatic heterocycles. The van der Waals surface area contributed by atoms with Crippen LogP contribution in [0, 0.1) is 11.7 Å². The van der Waals surface area contributed by atoms with Crippen molar-refractivity contribution in [2.75, 3.05) is 10.2 Å². The van der Waals surface area contributed by atoms with Crippen LogP contribution in [0.25, 0.3) is 11.5 Å². The molecule has 6 rings (SSSR count). The van der Waals surface area contributed by atoms with Gasteiger partial charge in [0, 0.05) is 17.5 Å². The molecule has 2 amide bonds. The first-order valence-electron chi connectivity index (χ1n) is 10.4. The lowest BCUT2D eigenvalue weighted by atomic mass is 10.1. The fourth-order valence-corrected chi connectivity index (χ4v) is 3.94. The molecule has 3 aromatic rings. The summed E-state index contributed by atoms with van der Waals surface area (Å²) in [5.41, 5.74) is 1.63. The van der Waals surface area contributed by atoms with Gasteiger partial charge in [-0.3, -0.25) is 14.5 Å². The molecule has 0 unspecified atom stereocenters. The van der Waals surface area contributed by atoms with E-state index in [1.807, 2.05) is 16.7 Å². The summed E-state index contributed by atoms with van der Waals surface area (Å²) in [5.74, 6) is 0.0734. The van der Waals surface area contributed by atoms with Crippen LogP contribution < -0.4 is 10.2 Å². The van der Waals surface area contributed by atoms with Crippen molar-refractivity contribution in [3.8, 4) is 11.5 Å². The van der Waals surface area contributed by atoms with Gasteiger partial charge in [0.1, 0.15) is 23.7 Å². The van der Waals surface area contributed by atoms with E-state index in [0.29, 0.717) is 34.5 Å². The Bertz CT molecular complexity index is 1230. The third kappa shape index (κ3) is 3.17. The van der Waals surface area contributed by atoms with Gasteiger partial charge in [0.15, 0.2) is 5.82 Å². The lowest BCUT2D eigenvalue weighted by Gasteiger charge is -2.15. The summed E-state index contributed by atoms with van der Waals surface area (Å²) in [5, 5.41) is 10.8. The maximum Gasteiger partial charge on any atom is 0.260 e. The van der Waals surface area contributed by atoms with Gasteiger partial charge in [-0.2, -0.15) is 0 Å². The van der Waals surface area contributed by atoms with E-state index in [2.05, 4.69) is 20.5 Å². The highest BCUT2D eigenvalue weighted by Gasteiger charge is 2.34. The van der Waals surface area contributed by atoms with Crippen LogP contribution in [0.2, 0.25) is 0 Å². The summed E-state index contributed by atoms with van der Waals surface area (Å²) >= 11 is 0. The Morgan fingerprint density at radius 2 is 2.00 bits per heavy atom. The SMILES string of the molecule is O=C(Nc1cc2c(cc1F)CN(c1cccc(-c3nncn3C3CC3)n1)C2=O)C1CC1. The molecule has 1 aromatic carbocycles. The minimum atomic E-state index is -0.540. The largest absolute Gasteiger partial charge is 0.323 e. The van der Waals surface area contributed by atoms with Gasteiger partial charge in [0.25, 0.3) is 5.91 Å². The minimum absolute atomic E-state index is 0.0464. The molecule has 31 heavy (non-hydrogen) atoms. The smallest absolute Gasteiger partial charge is 0.260 e. The van der Waals surface area contributed by atoms with E-state index in [-0.39, 0.29) is 30.0 Å².